The van der Waals surface area contributed by atoms with Gasteiger partial charge in [0.2, 0.25) is 15.2 Å². The van der Waals surface area contributed by atoms with Gasteiger partial charge < -0.3 is 4.90 Å². The van der Waals surface area contributed by atoms with Gasteiger partial charge in [-0.2, -0.15) is 4.37 Å². The van der Waals surface area contributed by atoms with Crippen LogP contribution in [0.1, 0.15) is 23.4 Å². The zero-order valence-corrected chi connectivity index (χ0v) is 15.6. The summed E-state index contributed by atoms with van der Waals surface area (Å²) in [4.78, 5) is 6.79. The number of rotatable bonds is 4. The third-order valence-electron chi connectivity index (χ3n) is 4.13. The van der Waals surface area contributed by atoms with Gasteiger partial charge in [-0.3, -0.25) is 0 Å². The number of sulfonamides is 1. The Morgan fingerprint density at radius 3 is 2.58 bits per heavy atom. The highest BCUT2D eigenvalue weighted by Gasteiger charge is 2.23. The van der Waals surface area contributed by atoms with Crippen molar-refractivity contribution in [3.05, 3.63) is 41.2 Å². The van der Waals surface area contributed by atoms with Crippen molar-refractivity contribution in [3.8, 4) is 0 Å². The molecule has 0 saturated carbocycles. The quantitative estimate of drug-likeness (QED) is 0.827. The van der Waals surface area contributed by atoms with Gasteiger partial charge in [0.25, 0.3) is 0 Å². The molecule has 130 valence electrons. The van der Waals surface area contributed by atoms with Crippen LogP contribution in [0.3, 0.4) is 0 Å². The average molecular weight is 367 g/mol. The third kappa shape index (κ3) is 4.31. The molecule has 1 aromatic heterocycles. The van der Waals surface area contributed by atoms with E-state index in [2.05, 4.69) is 45.4 Å². The Bertz CT molecular complexity index is 787. The van der Waals surface area contributed by atoms with Crippen LogP contribution in [0.25, 0.3) is 0 Å². The van der Waals surface area contributed by atoms with E-state index in [4.69, 9.17) is 0 Å². The van der Waals surface area contributed by atoms with Crippen LogP contribution in [0.2, 0.25) is 0 Å². The van der Waals surface area contributed by atoms with Gasteiger partial charge in [0.05, 0.1) is 6.26 Å². The predicted molar refractivity (Wildman–Crippen MR) is 97.1 cm³/mol. The van der Waals surface area contributed by atoms with E-state index in [0.29, 0.717) is 19.6 Å². The second-order valence-electron chi connectivity index (χ2n) is 6.16. The molecule has 1 aromatic carbocycles. The van der Waals surface area contributed by atoms with Crippen LogP contribution in [0, 0.1) is 6.92 Å². The summed E-state index contributed by atoms with van der Waals surface area (Å²) in [7, 11) is -3.12. The van der Waals surface area contributed by atoms with Crippen LogP contribution in [-0.4, -0.2) is 54.5 Å². The van der Waals surface area contributed by atoms with Crippen LogP contribution < -0.4 is 4.90 Å². The Kier molecular flexibility index (Phi) is 5.17. The zero-order chi connectivity index (χ0) is 17.2. The lowest BCUT2D eigenvalue weighted by Gasteiger charge is -2.19. The third-order valence-corrected chi connectivity index (χ3v) is 6.25. The van der Waals surface area contributed by atoms with Gasteiger partial charge >= 0.3 is 0 Å². The van der Waals surface area contributed by atoms with Crippen LogP contribution in [0.15, 0.2) is 24.3 Å². The van der Waals surface area contributed by atoms with Gasteiger partial charge in [-0.25, -0.2) is 17.7 Å². The Morgan fingerprint density at radius 1 is 1.12 bits per heavy atom. The molecular weight excluding hydrogens is 344 g/mol. The zero-order valence-electron chi connectivity index (χ0n) is 14.0. The molecular formula is C16H22N4O2S2. The number of aromatic nitrogens is 2. The molecule has 0 bridgehead atoms. The lowest BCUT2D eigenvalue weighted by atomic mass is 10.1. The van der Waals surface area contributed by atoms with Crippen molar-refractivity contribution < 1.29 is 8.42 Å². The second-order valence-corrected chi connectivity index (χ2v) is 8.87. The molecule has 1 fully saturated rings. The fourth-order valence-electron chi connectivity index (χ4n) is 2.75. The molecule has 0 aliphatic carbocycles. The first kappa shape index (κ1) is 17.3. The molecule has 0 amide bonds. The summed E-state index contributed by atoms with van der Waals surface area (Å²) in [6, 6.07) is 8.40. The van der Waals surface area contributed by atoms with Gasteiger partial charge in [0, 0.05) is 44.1 Å². The maximum atomic E-state index is 11.7. The molecule has 0 atom stereocenters. The summed E-state index contributed by atoms with van der Waals surface area (Å²) >= 11 is 1.39. The first-order valence-electron chi connectivity index (χ1n) is 8.00. The first-order chi connectivity index (χ1) is 11.4. The van der Waals surface area contributed by atoms with Gasteiger partial charge in [0.1, 0.15) is 5.82 Å². The number of nitrogens with zero attached hydrogens (tertiary/aromatic N) is 4. The lowest BCUT2D eigenvalue weighted by molar-refractivity contribution is 0.437. The number of anilines is 1. The molecule has 6 nitrogen and oxygen atoms in total. The van der Waals surface area contributed by atoms with Gasteiger partial charge in [-0.1, -0.05) is 29.8 Å². The lowest BCUT2D eigenvalue weighted by Crippen LogP contribution is -2.34. The number of benzene rings is 1. The van der Waals surface area contributed by atoms with Gasteiger partial charge in [-0.05, 0) is 18.9 Å². The van der Waals surface area contributed by atoms with E-state index in [0.717, 1.165) is 30.3 Å². The van der Waals surface area contributed by atoms with Crippen LogP contribution in [-0.2, 0) is 16.4 Å². The van der Waals surface area contributed by atoms with E-state index in [1.807, 2.05) is 0 Å². The summed E-state index contributed by atoms with van der Waals surface area (Å²) in [5.74, 6) is 0.822. The molecule has 1 aliphatic rings. The summed E-state index contributed by atoms with van der Waals surface area (Å²) in [6.07, 6.45) is 2.80. The van der Waals surface area contributed by atoms with E-state index in [9.17, 15) is 8.42 Å². The highest BCUT2D eigenvalue weighted by molar-refractivity contribution is 7.88. The molecule has 0 spiro atoms. The second kappa shape index (κ2) is 7.16. The summed E-state index contributed by atoms with van der Waals surface area (Å²) in [5, 5.41) is 0.882. The van der Waals surface area contributed by atoms with Crippen LogP contribution >= 0.6 is 11.5 Å². The van der Waals surface area contributed by atoms with Crippen molar-refractivity contribution >= 4 is 26.7 Å². The minimum Gasteiger partial charge on any atom is -0.345 e. The fraction of sp³-hybridized carbons (Fsp3) is 0.500. The number of hydrogen-bond acceptors (Lipinski definition) is 6. The monoisotopic (exact) mass is 366 g/mol. The predicted octanol–water partition coefficient (Wildman–Crippen LogP) is 1.91. The van der Waals surface area contributed by atoms with E-state index < -0.39 is 10.0 Å². The van der Waals surface area contributed by atoms with Crippen molar-refractivity contribution in [2.45, 2.75) is 19.8 Å². The minimum atomic E-state index is -3.12. The van der Waals surface area contributed by atoms with Crippen molar-refractivity contribution in [2.24, 2.45) is 0 Å². The van der Waals surface area contributed by atoms with Gasteiger partial charge in [-0.15, -0.1) is 0 Å². The van der Waals surface area contributed by atoms with E-state index in [1.165, 1.54) is 28.9 Å². The van der Waals surface area contributed by atoms with Crippen LogP contribution in [0.5, 0.6) is 0 Å². The van der Waals surface area contributed by atoms with Crippen molar-refractivity contribution in [1.82, 2.24) is 13.7 Å². The van der Waals surface area contributed by atoms with E-state index in [-0.39, 0.29) is 0 Å². The topological polar surface area (TPSA) is 66.4 Å². The molecule has 8 heteroatoms. The van der Waals surface area contributed by atoms with E-state index >= 15 is 0 Å². The summed E-state index contributed by atoms with van der Waals surface area (Å²) in [5.41, 5.74) is 2.44. The highest BCUT2D eigenvalue weighted by atomic mass is 32.2. The Morgan fingerprint density at radius 2 is 1.88 bits per heavy atom. The maximum absolute atomic E-state index is 11.7. The molecule has 2 aromatic rings. The van der Waals surface area contributed by atoms with Crippen molar-refractivity contribution in [3.63, 3.8) is 0 Å². The molecule has 0 radical (unpaired) electrons. The van der Waals surface area contributed by atoms with E-state index in [1.54, 1.807) is 4.31 Å². The standard InChI is InChI=1S/C16H22N4O2S2/c1-13-4-6-14(7-5-13)12-15-17-16(23-18-15)19-8-3-9-20(11-10-19)24(2,21)22/h4-7H,3,8-12H2,1-2H3. The normalized spacial score (nSPS) is 17.0. The number of aryl methyl sites for hydroxylation is 1. The summed E-state index contributed by atoms with van der Waals surface area (Å²) < 4.78 is 29.4. The summed E-state index contributed by atoms with van der Waals surface area (Å²) in [6.45, 7) is 4.62. The molecule has 0 unspecified atom stereocenters. The molecule has 2 heterocycles. The number of hydrogen-bond donors (Lipinski definition) is 0. The maximum Gasteiger partial charge on any atom is 0.211 e. The SMILES string of the molecule is Cc1ccc(Cc2nsc(N3CCCN(S(C)(=O)=O)CC3)n2)cc1. The highest BCUT2D eigenvalue weighted by Crippen LogP contribution is 2.21. The molecule has 1 saturated heterocycles. The fourth-order valence-corrected chi connectivity index (χ4v) is 4.36. The minimum absolute atomic E-state index is 0.506. The largest absolute Gasteiger partial charge is 0.345 e. The van der Waals surface area contributed by atoms with Crippen molar-refractivity contribution in [2.75, 3.05) is 37.3 Å². The smallest absolute Gasteiger partial charge is 0.211 e. The van der Waals surface area contributed by atoms with Crippen LogP contribution in [0.4, 0.5) is 5.13 Å². The Hall–Kier alpha value is -1.51. The molecule has 1 aliphatic heterocycles. The first-order valence-corrected chi connectivity index (χ1v) is 10.6. The Balaban J connectivity index is 1.66. The molecule has 24 heavy (non-hydrogen) atoms. The van der Waals surface area contributed by atoms with Crippen molar-refractivity contribution in [1.29, 1.82) is 0 Å². The van der Waals surface area contributed by atoms with Gasteiger partial charge in [0.15, 0.2) is 0 Å². The Labute approximate surface area is 147 Å². The average Bonchev–Trinajstić information content (AvgIpc) is 2.83. The molecule has 3 rings (SSSR count). The molecule has 0 N–H and O–H groups in total.